The molecule has 1 amide bonds. The van der Waals surface area contributed by atoms with E-state index < -0.39 is 17.9 Å². The molecule has 1 aliphatic heterocycles. The first-order valence-electron chi connectivity index (χ1n) is 7.21. The van der Waals surface area contributed by atoms with Gasteiger partial charge in [-0.05, 0) is 30.2 Å². The molecule has 1 aromatic heterocycles. The summed E-state index contributed by atoms with van der Waals surface area (Å²) >= 11 is 6.32. The summed E-state index contributed by atoms with van der Waals surface area (Å²) < 4.78 is 0.225. The third kappa shape index (κ3) is 3.42. The molecule has 1 fully saturated rings. The van der Waals surface area contributed by atoms with Gasteiger partial charge >= 0.3 is 0 Å². The number of aromatic nitrogens is 1. The molecule has 1 aromatic carbocycles. The number of aromatic amines is 1. The highest BCUT2D eigenvalue weighted by Gasteiger charge is 2.37. The Labute approximate surface area is 148 Å². The fourth-order valence-corrected chi connectivity index (χ4v) is 3.79. The maximum atomic E-state index is 12.6. The Balaban J connectivity index is 1.87. The van der Waals surface area contributed by atoms with Gasteiger partial charge in [0.1, 0.15) is 4.32 Å². The van der Waals surface area contributed by atoms with Crippen LogP contribution in [-0.4, -0.2) is 32.1 Å². The van der Waals surface area contributed by atoms with Crippen molar-refractivity contribution in [1.82, 2.24) is 9.88 Å². The summed E-state index contributed by atoms with van der Waals surface area (Å²) in [5, 5.41) is 11.6. The highest BCUT2D eigenvalue weighted by Crippen LogP contribution is 2.34. The summed E-state index contributed by atoms with van der Waals surface area (Å²) in [5.41, 5.74) is 1.55. The van der Waals surface area contributed by atoms with Gasteiger partial charge in [0.2, 0.25) is 0 Å². The van der Waals surface area contributed by atoms with Crippen LogP contribution < -0.4 is 5.11 Å². The first-order chi connectivity index (χ1) is 11.6. The van der Waals surface area contributed by atoms with Gasteiger partial charge in [0, 0.05) is 11.9 Å². The second kappa shape index (κ2) is 7.02. The van der Waals surface area contributed by atoms with Gasteiger partial charge in [-0.1, -0.05) is 54.3 Å². The largest absolute Gasteiger partial charge is 0.548 e. The maximum Gasteiger partial charge on any atom is 0.266 e. The van der Waals surface area contributed by atoms with Gasteiger partial charge in [-0.25, -0.2) is 0 Å². The molecule has 1 N–H and O–H groups in total. The average molecular weight is 357 g/mol. The molecule has 0 radical (unpaired) electrons. The standard InChI is InChI=1S/C17H14N2O3S2/c20-15-14(10-12-7-4-8-18-12)24-17(23)19(15)13(16(21)22)9-11-5-2-1-3-6-11/h1-8,10,13,18H,9H2,(H,21,22)/p-1/b14-10-/t13-/m1/s1. The number of carbonyl (C=O) groups is 2. The van der Waals surface area contributed by atoms with Crippen molar-refractivity contribution in [2.24, 2.45) is 0 Å². The molecule has 2 heterocycles. The Kier molecular flexibility index (Phi) is 4.82. The summed E-state index contributed by atoms with van der Waals surface area (Å²) in [7, 11) is 0. The van der Waals surface area contributed by atoms with E-state index in [4.69, 9.17) is 12.2 Å². The first kappa shape index (κ1) is 16.5. The summed E-state index contributed by atoms with van der Waals surface area (Å²) in [6.07, 6.45) is 3.55. The molecule has 2 aromatic rings. The lowest BCUT2D eigenvalue weighted by Gasteiger charge is -2.27. The maximum absolute atomic E-state index is 12.6. The van der Waals surface area contributed by atoms with Gasteiger partial charge in [0.05, 0.1) is 16.9 Å². The average Bonchev–Trinajstić information content (AvgIpc) is 3.16. The number of hydrogen-bond donors (Lipinski definition) is 1. The van der Waals surface area contributed by atoms with E-state index in [0.29, 0.717) is 4.91 Å². The van der Waals surface area contributed by atoms with Crippen LogP contribution in [0.2, 0.25) is 0 Å². The summed E-state index contributed by atoms with van der Waals surface area (Å²) in [6, 6.07) is 11.6. The number of aliphatic carboxylic acids is 1. The third-order valence-corrected chi connectivity index (χ3v) is 4.92. The number of benzene rings is 1. The van der Waals surface area contributed by atoms with E-state index in [-0.39, 0.29) is 10.7 Å². The van der Waals surface area contributed by atoms with Crippen LogP contribution in [-0.2, 0) is 16.0 Å². The Morgan fingerprint density at radius 2 is 2.04 bits per heavy atom. The second-order valence-corrected chi connectivity index (χ2v) is 6.88. The predicted molar refractivity (Wildman–Crippen MR) is 94.7 cm³/mol. The molecular formula is C17H13N2O3S2-. The molecule has 0 aliphatic carbocycles. The number of hydrogen-bond acceptors (Lipinski definition) is 5. The molecule has 0 bridgehead atoms. The van der Waals surface area contributed by atoms with Crippen LogP contribution in [0, 0.1) is 0 Å². The highest BCUT2D eigenvalue weighted by atomic mass is 32.2. The zero-order chi connectivity index (χ0) is 17.1. The molecule has 1 aliphatic rings. The van der Waals surface area contributed by atoms with E-state index in [0.717, 1.165) is 27.9 Å². The summed E-state index contributed by atoms with van der Waals surface area (Å²) in [4.78, 5) is 28.7. The van der Waals surface area contributed by atoms with E-state index in [2.05, 4.69) is 4.98 Å². The molecule has 1 saturated heterocycles. The summed E-state index contributed by atoms with van der Waals surface area (Å²) in [6.45, 7) is 0. The minimum absolute atomic E-state index is 0.144. The lowest BCUT2D eigenvalue weighted by Crippen LogP contribution is -2.51. The smallest absolute Gasteiger partial charge is 0.266 e. The number of nitrogens with zero attached hydrogens (tertiary/aromatic N) is 1. The zero-order valence-electron chi connectivity index (χ0n) is 12.5. The Hall–Kier alpha value is -2.38. The molecule has 1 atom stereocenters. The van der Waals surface area contributed by atoms with Crippen LogP contribution in [0.3, 0.4) is 0 Å². The van der Waals surface area contributed by atoms with Crippen molar-refractivity contribution < 1.29 is 14.7 Å². The molecule has 0 saturated carbocycles. The van der Waals surface area contributed by atoms with Crippen molar-refractivity contribution in [3.63, 3.8) is 0 Å². The van der Waals surface area contributed by atoms with Crippen molar-refractivity contribution in [1.29, 1.82) is 0 Å². The van der Waals surface area contributed by atoms with Crippen LogP contribution in [0.1, 0.15) is 11.3 Å². The Morgan fingerprint density at radius 1 is 1.29 bits per heavy atom. The molecule has 0 unspecified atom stereocenters. The fraction of sp³-hybridized carbons (Fsp3) is 0.118. The molecular weight excluding hydrogens is 344 g/mol. The number of carboxylic acid groups (broad SMARTS) is 1. The molecule has 0 spiro atoms. The molecule has 5 nitrogen and oxygen atoms in total. The fourth-order valence-electron chi connectivity index (χ4n) is 2.44. The lowest BCUT2D eigenvalue weighted by atomic mass is 10.0. The minimum Gasteiger partial charge on any atom is -0.548 e. The second-order valence-electron chi connectivity index (χ2n) is 5.20. The van der Waals surface area contributed by atoms with Gasteiger partial charge < -0.3 is 14.9 Å². The number of amides is 1. The van der Waals surface area contributed by atoms with Crippen LogP contribution >= 0.6 is 24.0 Å². The number of carbonyl (C=O) groups excluding carboxylic acids is 2. The van der Waals surface area contributed by atoms with Crippen LogP contribution in [0.4, 0.5) is 0 Å². The van der Waals surface area contributed by atoms with Gasteiger partial charge in [-0.2, -0.15) is 0 Å². The number of carboxylic acids is 1. The number of H-pyrrole nitrogens is 1. The molecule has 122 valence electrons. The van der Waals surface area contributed by atoms with Gasteiger partial charge in [0.15, 0.2) is 0 Å². The topological polar surface area (TPSA) is 76.2 Å². The minimum atomic E-state index is -1.32. The zero-order valence-corrected chi connectivity index (χ0v) is 14.1. The van der Waals surface area contributed by atoms with Gasteiger partial charge in [-0.3, -0.25) is 9.69 Å². The molecule has 3 rings (SSSR count). The monoisotopic (exact) mass is 357 g/mol. The Morgan fingerprint density at radius 3 is 2.67 bits per heavy atom. The number of thiocarbonyl (C=S) groups is 1. The Bertz CT molecular complexity index is 801. The van der Waals surface area contributed by atoms with Crippen molar-refractivity contribution in [2.75, 3.05) is 0 Å². The van der Waals surface area contributed by atoms with E-state index in [1.807, 2.05) is 42.5 Å². The quantitative estimate of drug-likeness (QED) is 0.649. The van der Waals surface area contributed by atoms with Gasteiger partial charge in [-0.15, -0.1) is 0 Å². The number of thioether (sulfide) groups is 1. The highest BCUT2D eigenvalue weighted by molar-refractivity contribution is 8.26. The number of rotatable bonds is 5. The SMILES string of the molecule is O=C([O-])[C@@H](Cc1ccccc1)N1C(=O)/C(=C/c2ccc[nH]2)SC1=S. The van der Waals surface area contributed by atoms with Crippen molar-refractivity contribution in [2.45, 2.75) is 12.5 Å². The first-order valence-corrected chi connectivity index (χ1v) is 8.44. The van der Waals surface area contributed by atoms with Crippen molar-refractivity contribution in [3.05, 3.63) is 64.8 Å². The van der Waals surface area contributed by atoms with Crippen LogP contribution in [0.15, 0.2) is 53.6 Å². The molecule has 7 heteroatoms. The number of nitrogens with one attached hydrogen (secondary N) is 1. The van der Waals surface area contributed by atoms with Crippen LogP contribution in [0.25, 0.3) is 6.08 Å². The van der Waals surface area contributed by atoms with Crippen molar-refractivity contribution in [3.8, 4) is 0 Å². The van der Waals surface area contributed by atoms with E-state index in [1.54, 1.807) is 12.3 Å². The third-order valence-electron chi connectivity index (χ3n) is 3.59. The van der Waals surface area contributed by atoms with E-state index in [9.17, 15) is 14.7 Å². The lowest BCUT2D eigenvalue weighted by molar-refractivity contribution is -0.310. The normalized spacial score (nSPS) is 17.5. The molecule has 24 heavy (non-hydrogen) atoms. The van der Waals surface area contributed by atoms with E-state index in [1.165, 1.54) is 0 Å². The van der Waals surface area contributed by atoms with Crippen LogP contribution in [0.5, 0.6) is 0 Å². The van der Waals surface area contributed by atoms with E-state index >= 15 is 0 Å². The van der Waals surface area contributed by atoms with Crippen molar-refractivity contribution >= 4 is 46.3 Å². The van der Waals surface area contributed by atoms with Gasteiger partial charge in [0.25, 0.3) is 5.91 Å². The predicted octanol–water partition coefficient (Wildman–Crippen LogP) is 1.58. The summed E-state index contributed by atoms with van der Waals surface area (Å²) in [5.74, 6) is -1.74.